The second-order valence-corrected chi connectivity index (χ2v) is 1.45. The van der Waals surface area contributed by atoms with Crippen molar-refractivity contribution in [2.45, 2.75) is 0 Å². The Morgan fingerprint density at radius 1 is 1.71 bits per heavy atom. The van der Waals surface area contributed by atoms with Gasteiger partial charge in [0, 0.05) is 4.91 Å². The van der Waals surface area contributed by atoms with E-state index in [1.807, 2.05) is 14.1 Å². The number of rotatable bonds is 2. The van der Waals surface area contributed by atoms with E-state index in [2.05, 4.69) is 10.0 Å². The highest BCUT2D eigenvalue weighted by atomic mass is 15.2. The van der Waals surface area contributed by atoms with Crippen molar-refractivity contribution in [3.8, 4) is 0 Å². The van der Waals surface area contributed by atoms with Crippen molar-refractivity contribution in [1.29, 1.82) is 0 Å². The van der Waals surface area contributed by atoms with Crippen LogP contribution in [0.3, 0.4) is 0 Å². The van der Waals surface area contributed by atoms with Gasteiger partial charge in [-0.25, -0.2) is 0 Å². The van der Waals surface area contributed by atoms with Crippen molar-refractivity contribution in [2.75, 3.05) is 20.8 Å². The molecule has 0 unspecified atom stereocenters. The van der Waals surface area contributed by atoms with Crippen LogP contribution in [0.1, 0.15) is 0 Å². The zero-order valence-corrected chi connectivity index (χ0v) is 4.50. The predicted molar refractivity (Wildman–Crippen MR) is 27.7 cm³/mol. The zero-order chi connectivity index (χ0) is 5.70. The van der Waals surface area contributed by atoms with Gasteiger partial charge in [-0.05, 0) is 19.6 Å². The van der Waals surface area contributed by atoms with Gasteiger partial charge < -0.3 is 4.90 Å². The Morgan fingerprint density at radius 3 is 2.43 bits per heavy atom. The Bertz CT molecular complexity index is 80.9. The Kier molecular flexibility index (Phi) is 3.10. The smallest absolute Gasteiger partial charge is 0.0769 e. The Morgan fingerprint density at radius 2 is 2.29 bits per heavy atom. The van der Waals surface area contributed by atoms with Crippen LogP contribution in [0.4, 0.5) is 0 Å². The summed E-state index contributed by atoms with van der Waals surface area (Å²) in [6.07, 6.45) is 0. The standard InChI is InChI=1S/C3H8N4/c1-7(2)3-5-6-4/h3H2,1-2H3. The van der Waals surface area contributed by atoms with Crippen molar-refractivity contribution in [3.05, 3.63) is 10.4 Å². The molecule has 0 aromatic carbocycles. The number of nitrogens with zero attached hydrogens (tertiary/aromatic N) is 4. The molecule has 0 aliphatic carbocycles. The van der Waals surface area contributed by atoms with Crippen LogP contribution in [0.25, 0.3) is 10.4 Å². The van der Waals surface area contributed by atoms with E-state index in [-0.39, 0.29) is 0 Å². The molecule has 0 rings (SSSR count). The number of hydrogen-bond acceptors (Lipinski definition) is 2. The third-order valence-electron chi connectivity index (χ3n) is 0.409. The topological polar surface area (TPSA) is 52.0 Å². The molecule has 0 aliphatic heterocycles. The van der Waals surface area contributed by atoms with Gasteiger partial charge in [0.1, 0.15) is 0 Å². The quantitative estimate of drug-likeness (QED) is 0.288. The minimum atomic E-state index is 0.441. The first-order chi connectivity index (χ1) is 3.27. The van der Waals surface area contributed by atoms with Crippen LogP contribution in [0.2, 0.25) is 0 Å². The van der Waals surface area contributed by atoms with Crippen LogP contribution in [0.5, 0.6) is 0 Å². The molecule has 0 bridgehead atoms. The molecule has 0 radical (unpaired) electrons. The van der Waals surface area contributed by atoms with Gasteiger partial charge in [-0.1, -0.05) is 5.11 Å². The fraction of sp³-hybridized carbons (Fsp3) is 1.00. The molecule has 0 amide bonds. The molecule has 0 aromatic rings. The summed E-state index contributed by atoms with van der Waals surface area (Å²) >= 11 is 0. The van der Waals surface area contributed by atoms with Crippen molar-refractivity contribution in [3.63, 3.8) is 0 Å². The monoisotopic (exact) mass is 100 g/mol. The first kappa shape index (κ1) is 6.27. The summed E-state index contributed by atoms with van der Waals surface area (Å²) in [5, 5.41) is 3.28. The molecular formula is C3H8N4. The second kappa shape index (κ2) is 3.46. The lowest BCUT2D eigenvalue weighted by atomic mass is 10.9. The van der Waals surface area contributed by atoms with E-state index in [0.29, 0.717) is 6.67 Å². The maximum Gasteiger partial charge on any atom is 0.0769 e. The van der Waals surface area contributed by atoms with E-state index in [4.69, 9.17) is 5.53 Å². The van der Waals surface area contributed by atoms with Gasteiger partial charge in [0.15, 0.2) is 0 Å². The van der Waals surface area contributed by atoms with Crippen LogP contribution >= 0.6 is 0 Å². The van der Waals surface area contributed by atoms with E-state index in [0.717, 1.165) is 0 Å². The molecule has 0 N–H and O–H groups in total. The summed E-state index contributed by atoms with van der Waals surface area (Å²) < 4.78 is 0. The molecule has 40 valence electrons. The van der Waals surface area contributed by atoms with E-state index in [1.165, 1.54) is 0 Å². The van der Waals surface area contributed by atoms with Crippen molar-refractivity contribution in [2.24, 2.45) is 5.11 Å². The molecule has 0 saturated heterocycles. The predicted octanol–water partition coefficient (Wildman–Crippen LogP) is 0.816. The third-order valence-corrected chi connectivity index (χ3v) is 0.409. The minimum absolute atomic E-state index is 0.441. The van der Waals surface area contributed by atoms with Crippen LogP contribution in [-0.2, 0) is 0 Å². The van der Waals surface area contributed by atoms with Gasteiger partial charge in [0.05, 0.1) is 6.67 Å². The first-order valence-electron chi connectivity index (χ1n) is 1.93. The molecule has 4 heteroatoms. The highest BCUT2D eigenvalue weighted by Gasteiger charge is 1.78. The maximum absolute atomic E-state index is 7.75. The van der Waals surface area contributed by atoms with Crippen molar-refractivity contribution >= 4 is 0 Å². The number of hydrogen-bond donors (Lipinski definition) is 0. The molecule has 0 fully saturated rings. The van der Waals surface area contributed by atoms with E-state index < -0.39 is 0 Å². The normalized spacial score (nSPS) is 8.43. The average molecular weight is 100 g/mol. The fourth-order valence-electron chi connectivity index (χ4n) is 0.155. The van der Waals surface area contributed by atoms with E-state index in [9.17, 15) is 0 Å². The molecule has 0 aliphatic rings. The molecular weight excluding hydrogens is 92.1 g/mol. The largest absolute Gasteiger partial charge is 0.304 e. The van der Waals surface area contributed by atoms with Crippen LogP contribution < -0.4 is 0 Å². The summed E-state index contributed by atoms with van der Waals surface area (Å²) in [7, 11) is 3.68. The van der Waals surface area contributed by atoms with Gasteiger partial charge in [0.25, 0.3) is 0 Å². The lowest BCUT2D eigenvalue weighted by molar-refractivity contribution is 0.422. The van der Waals surface area contributed by atoms with E-state index >= 15 is 0 Å². The molecule has 0 spiro atoms. The first-order valence-corrected chi connectivity index (χ1v) is 1.93. The highest BCUT2D eigenvalue weighted by molar-refractivity contribution is 4.41. The maximum atomic E-state index is 7.75. The highest BCUT2D eigenvalue weighted by Crippen LogP contribution is 1.73. The van der Waals surface area contributed by atoms with E-state index in [1.54, 1.807) is 4.90 Å². The average Bonchev–Trinajstić information content (AvgIpc) is 1.61. The lowest BCUT2D eigenvalue weighted by Gasteiger charge is -2.00. The molecule has 0 atom stereocenters. The van der Waals surface area contributed by atoms with Crippen molar-refractivity contribution < 1.29 is 0 Å². The van der Waals surface area contributed by atoms with Crippen LogP contribution in [0, 0.1) is 0 Å². The summed E-state index contributed by atoms with van der Waals surface area (Å²) in [6.45, 7) is 0.441. The van der Waals surface area contributed by atoms with Gasteiger partial charge in [0.2, 0.25) is 0 Å². The Hall–Kier alpha value is -0.730. The van der Waals surface area contributed by atoms with Crippen molar-refractivity contribution in [1.82, 2.24) is 4.90 Å². The summed E-state index contributed by atoms with van der Waals surface area (Å²) in [5.74, 6) is 0. The minimum Gasteiger partial charge on any atom is -0.304 e. The fourth-order valence-corrected chi connectivity index (χ4v) is 0.155. The Balaban J connectivity index is 3.13. The summed E-state index contributed by atoms with van der Waals surface area (Å²) in [5.41, 5.74) is 7.75. The molecule has 0 saturated carbocycles. The van der Waals surface area contributed by atoms with Crippen LogP contribution in [-0.4, -0.2) is 25.7 Å². The Labute approximate surface area is 42.4 Å². The van der Waals surface area contributed by atoms with Crippen LogP contribution in [0.15, 0.2) is 5.11 Å². The third kappa shape index (κ3) is 5.27. The zero-order valence-electron chi connectivity index (χ0n) is 4.50. The molecule has 0 aromatic heterocycles. The SMILES string of the molecule is CN(C)CN=[N+]=[N-]. The van der Waals surface area contributed by atoms with Gasteiger partial charge in [-0.15, -0.1) is 0 Å². The van der Waals surface area contributed by atoms with Gasteiger partial charge in [-0.3, -0.25) is 0 Å². The summed E-state index contributed by atoms with van der Waals surface area (Å²) in [6, 6.07) is 0. The lowest BCUT2D eigenvalue weighted by Crippen LogP contribution is -2.09. The van der Waals surface area contributed by atoms with Gasteiger partial charge in [-0.2, -0.15) is 0 Å². The molecule has 0 heterocycles. The van der Waals surface area contributed by atoms with Gasteiger partial charge >= 0.3 is 0 Å². The molecule has 4 nitrogen and oxygen atoms in total. The summed E-state index contributed by atoms with van der Waals surface area (Å²) in [4.78, 5) is 4.35. The number of azide groups is 1. The second-order valence-electron chi connectivity index (χ2n) is 1.45. The molecule has 7 heavy (non-hydrogen) atoms.